The van der Waals surface area contributed by atoms with Crippen LogP contribution < -0.4 is 5.32 Å². The number of carbonyl (C=O) groups excluding carboxylic acids is 2. The molecular weight excluding hydrogens is 412 g/mol. The molecule has 33 heavy (non-hydrogen) atoms. The number of amides is 1. The van der Waals surface area contributed by atoms with E-state index >= 15 is 0 Å². The van der Waals surface area contributed by atoms with Gasteiger partial charge in [0.25, 0.3) is 0 Å². The molecule has 1 saturated carbocycles. The number of carbonyl (C=O) groups is 2. The lowest BCUT2D eigenvalue weighted by Crippen LogP contribution is -2.29. The Morgan fingerprint density at radius 2 is 1.82 bits per heavy atom. The average molecular weight is 445 g/mol. The second-order valence-corrected chi connectivity index (χ2v) is 8.71. The van der Waals surface area contributed by atoms with Gasteiger partial charge < -0.3 is 10.1 Å². The summed E-state index contributed by atoms with van der Waals surface area (Å²) in [5.74, 6) is -0.399. The number of ether oxygens (including phenoxy) is 1. The molecule has 0 heterocycles. The molecule has 3 aromatic rings. The molecule has 0 unspecified atom stereocenters. The number of hydrogen-bond acceptors (Lipinski definition) is 4. The van der Waals surface area contributed by atoms with Gasteiger partial charge in [-0.2, -0.15) is 0 Å². The molecule has 172 valence electrons. The van der Waals surface area contributed by atoms with Gasteiger partial charge in [0.15, 0.2) is 0 Å². The molecule has 1 aliphatic carbocycles. The molecule has 0 aliphatic heterocycles. The Morgan fingerprint density at radius 1 is 1.03 bits per heavy atom. The second kappa shape index (κ2) is 11.1. The van der Waals surface area contributed by atoms with Crippen molar-refractivity contribution in [2.75, 3.05) is 18.5 Å². The van der Waals surface area contributed by atoms with Crippen LogP contribution in [0.25, 0.3) is 10.8 Å². The number of nitrogens with one attached hydrogen (secondary N) is 1. The molecule has 5 heteroatoms. The molecule has 1 N–H and O–H groups in total. The summed E-state index contributed by atoms with van der Waals surface area (Å²) < 4.78 is 5.27. The molecule has 0 atom stereocenters. The Bertz CT molecular complexity index is 1100. The summed E-state index contributed by atoms with van der Waals surface area (Å²) in [6, 6.07) is 22.4. The predicted octanol–water partition coefficient (Wildman–Crippen LogP) is 5.79. The Balaban J connectivity index is 1.33. The van der Waals surface area contributed by atoms with Crippen LogP contribution in [0, 0.1) is 0 Å². The van der Waals surface area contributed by atoms with Gasteiger partial charge >= 0.3 is 5.97 Å². The number of anilines is 1. The van der Waals surface area contributed by atoms with E-state index in [9.17, 15) is 9.59 Å². The van der Waals surface area contributed by atoms with E-state index in [0.717, 1.165) is 19.4 Å². The van der Waals surface area contributed by atoms with Gasteiger partial charge in [-0.1, -0.05) is 61.9 Å². The molecule has 0 bridgehead atoms. The number of unbranched alkanes of at least 4 members (excludes halogenated alkanes) is 1. The minimum Gasteiger partial charge on any atom is -0.462 e. The van der Waals surface area contributed by atoms with Crippen molar-refractivity contribution in [2.24, 2.45) is 0 Å². The summed E-state index contributed by atoms with van der Waals surface area (Å²) in [7, 11) is 0. The van der Waals surface area contributed by atoms with Gasteiger partial charge in [0.1, 0.15) is 0 Å². The van der Waals surface area contributed by atoms with Crippen molar-refractivity contribution in [3.05, 3.63) is 77.9 Å². The standard InChI is InChI=1S/C28H32N2O3/c1-2-3-18-33-28(32)22-10-7-12-24(19-22)29-27(31)16-17-30(25-14-15-25)20-23-11-6-9-21-8-4-5-13-26(21)23/h4-13,19,25H,2-3,14-18,20H2,1H3,(H,29,31). The van der Waals surface area contributed by atoms with Crippen molar-refractivity contribution in [3.8, 4) is 0 Å². The first-order valence-electron chi connectivity index (χ1n) is 11.9. The summed E-state index contributed by atoms with van der Waals surface area (Å²) in [5.41, 5.74) is 2.38. The maximum Gasteiger partial charge on any atom is 0.338 e. The van der Waals surface area contributed by atoms with Crippen LogP contribution in [-0.4, -0.2) is 36.0 Å². The largest absolute Gasteiger partial charge is 0.462 e. The van der Waals surface area contributed by atoms with E-state index in [0.29, 0.717) is 36.9 Å². The molecule has 1 fully saturated rings. The fraction of sp³-hybridized carbons (Fsp3) is 0.357. The van der Waals surface area contributed by atoms with Crippen LogP contribution in [-0.2, 0) is 16.1 Å². The van der Waals surface area contributed by atoms with Gasteiger partial charge in [-0.25, -0.2) is 4.79 Å². The third kappa shape index (κ3) is 6.42. The zero-order valence-corrected chi connectivity index (χ0v) is 19.3. The van der Waals surface area contributed by atoms with Gasteiger partial charge in [0.05, 0.1) is 12.2 Å². The Kier molecular flexibility index (Phi) is 7.74. The van der Waals surface area contributed by atoms with E-state index in [1.54, 1.807) is 24.3 Å². The van der Waals surface area contributed by atoms with Gasteiger partial charge in [-0.15, -0.1) is 0 Å². The van der Waals surface area contributed by atoms with Crippen LogP contribution in [0.15, 0.2) is 66.7 Å². The van der Waals surface area contributed by atoms with Gasteiger partial charge in [-0.3, -0.25) is 9.69 Å². The third-order valence-corrected chi connectivity index (χ3v) is 6.06. The highest BCUT2D eigenvalue weighted by Crippen LogP contribution is 2.30. The number of fused-ring (bicyclic) bond motifs is 1. The third-order valence-electron chi connectivity index (χ3n) is 6.06. The van der Waals surface area contributed by atoms with Gasteiger partial charge in [0.2, 0.25) is 5.91 Å². The molecule has 0 spiro atoms. The zero-order chi connectivity index (χ0) is 23.0. The van der Waals surface area contributed by atoms with Gasteiger partial charge in [-0.05, 0) is 53.8 Å². The number of esters is 1. The molecule has 0 saturated heterocycles. The highest BCUT2D eigenvalue weighted by atomic mass is 16.5. The van der Waals surface area contributed by atoms with Crippen LogP contribution in [0.2, 0.25) is 0 Å². The van der Waals surface area contributed by atoms with Crippen molar-refractivity contribution in [3.63, 3.8) is 0 Å². The van der Waals surface area contributed by atoms with Crippen LogP contribution >= 0.6 is 0 Å². The van der Waals surface area contributed by atoms with Crippen LogP contribution in [0.4, 0.5) is 5.69 Å². The first-order valence-corrected chi connectivity index (χ1v) is 11.9. The van der Waals surface area contributed by atoms with E-state index < -0.39 is 0 Å². The molecule has 5 nitrogen and oxygen atoms in total. The lowest BCUT2D eigenvalue weighted by molar-refractivity contribution is -0.116. The van der Waals surface area contributed by atoms with E-state index in [1.165, 1.54) is 29.2 Å². The Morgan fingerprint density at radius 3 is 2.64 bits per heavy atom. The summed E-state index contributed by atoms with van der Waals surface area (Å²) in [6.07, 6.45) is 4.61. The average Bonchev–Trinajstić information content (AvgIpc) is 3.67. The Labute approximate surface area is 195 Å². The molecule has 0 radical (unpaired) electrons. The van der Waals surface area contributed by atoms with Crippen molar-refractivity contribution < 1.29 is 14.3 Å². The molecule has 1 aliphatic rings. The second-order valence-electron chi connectivity index (χ2n) is 8.71. The first-order chi connectivity index (χ1) is 16.1. The maximum atomic E-state index is 12.7. The molecule has 3 aromatic carbocycles. The first kappa shape index (κ1) is 23.0. The van der Waals surface area contributed by atoms with Crippen LogP contribution in [0.5, 0.6) is 0 Å². The van der Waals surface area contributed by atoms with E-state index in [4.69, 9.17) is 4.74 Å². The lowest BCUT2D eigenvalue weighted by Gasteiger charge is -2.22. The number of benzene rings is 3. The minimum absolute atomic E-state index is 0.0462. The van der Waals surface area contributed by atoms with Gasteiger partial charge in [0, 0.05) is 31.2 Å². The van der Waals surface area contributed by atoms with E-state index in [1.807, 2.05) is 0 Å². The number of rotatable bonds is 11. The highest BCUT2D eigenvalue weighted by molar-refractivity contribution is 5.94. The van der Waals surface area contributed by atoms with Crippen molar-refractivity contribution in [1.29, 1.82) is 0 Å². The van der Waals surface area contributed by atoms with Crippen LogP contribution in [0.3, 0.4) is 0 Å². The lowest BCUT2D eigenvalue weighted by atomic mass is 10.0. The summed E-state index contributed by atoms with van der Waals surface area (Å²) in [4.78, 5) is 27.3. The summed E-state index contributed by atoms with van der Waals surface area (Å²) >= 11 is 0. The normalized spacial score (nSPS) is 13.3. The van der Waals surface area contributed by atoms with Crippen molar-refractivity contribution >= 4 is 28.3 Å². The maximum absolute atomic E-state index is 12.7. The quantitative estimate of drug-likeness (QED) is 0.300. The molecule has 4 rings (SSSR count). The number of hydrogen-bond donors (Lipinski definition) is 1. The smallest absolute Gasteiger partial charge is 0.338 e. The van der Waals surface area contributed by atoms with Crippen molar-refractivity contribution in [2.45, 2.75) is 51.6 Å². The fourth-order valence-corrected chi connectivity index (χ4v) is 4.06. The highest BCUT2D eigenvalue weighted by Gasteiger charge is 2.29. The van der Waals surface area contributed by atoms with Crippen LogP contribution in [0.1, 0.15) is 54.9 Å². The van der Waals surface area contributed by atoms with E-state index in [-0.39, 0.29) is 11.9 Å². The molecule has 1 amide bonds. The topological polar surface area (TPSA) is 58.6 Å². The van der Waals surface area contributed by atoms with Crippen molar-refractivity contribution in [1.82, 2.24) is 4.90 Å². The Hall–Kier alpha value is -3.18. The SMILES string of the molecule is CCCCOC(=O)c1cccc(NC(=O)CCN(Cc2cccc3ccccc23)C2CC2)c1. The predicted molar refractivity (Wildman–Crippen MR) is 132 cm³/mol. The zero-order valence-electron chi connectivity index (χ0n) is 19.3. The number of nitrogens with zero attached hydrogens (tertiary/aromatic N) is 1. The summed E-state index contributed by atoms with van der Waals surface area (Å²) in [5, 5.41) is 5.46. The molecule has 0 aromatic heterocycles. The van der Waals surface area contributed by atoms with E-state index in [2.05, 4.69) is 59.6 Å². The monoisotopic (exact) mass is 444 g/mol. The minimum atomic E-state index is -0.352. The summed E-state index contributed by atoms with van der Waals surface area (Å²) in [6.45, 7) is 4.02. The molecular formula is C28H32N2O3. The fourth-order valence-electron chi connectivity index (χ4n) is 4.06.